The Kier molecular flexibility index (Phi) is 5.04. The van der Waals surface area contributed by atoms with Gasteiger partial charge in [0.15, 0.2) is 5.78 Å². The molecule has 0 fully saturated rings. The lowest BCUT2D eigenvalue weighted by atomic mass is 10.1. The van der Waals surface area contributed by atoms with E-state index in [-0.39, 0.29) is 12.2 Å². The lowest BCUT2D eigenvalue weighted by molar-refractivity contribution is -0.137. The van der Waals surface area contributed by atoms with Crippen LogP contribution in [0, 0.1) is 0 Å². The van der Waals surface area contributed by atoms with Crippen molar-refractivity contribution in [2.45, 2.75) is 32.1 Å². The van der Waals surface area contributed by atoms with Crippen molar-refractivity contribution >= 4 is 23.1 Å². The normalized spacial score (nSPS) is 10.1. The zero-order valence-corrected chi connectivity index (χ0v) is 9.26. The third kappa shape index (κ3) is 4.74. The summed E-state index contributed by atoms with van der Waals surface area (Å²) in [5, 5.41) is 10.3. The third-order valence-corrected chi connectivity index (χ3v) is 3.00. The smallest absolute Gasteiger partial charge is 0.303 e. The Morgan fingerprint density at radius 2 is 1.93 bits per heavy atom. The second kappa shape index (κ2) is 6.35. The van der Waals surface area contributed by atoms with Gasteiger partial charge in [0, 0.05) is 12.8 Å². The second-order valence-corrected chi connectivity index (χ2v) is 4.30. The van der Waals surface area contributed by atoms with E-state index in [1.54, 1.807) is 0 Å². The highest BCUT2D eigenvalue weighted by Gasteiger charge is 2.06. The number of rotatable bonds is 7. The first-order valence-corrected chi connectivity index (χ1v) is 5.86. The molecule has 4 heteroatoms. The van der Waals surface area contributed by atoms with Gasteiger partial charge >= 0.3 is 5.97 Å². The first kappa shape index (κ1) is 11.9. The van der Waals surface area contributed by atoms with E-state index in [1.807, 2.05) is 17.5 Å². The molecule has 0 aliphatic carbocycles. The molecule has 1 aromatic heterocycles. The summed E-state index contributed by atoms with van der Waals surface area (Å²) in [6.45, 7) is 0. The topological polar surface area (TPSA) is 54.4 Å². The zero-order chi connectivity index (χ0) is 11.1. The number of carbonyl (C=O) groups excluding carboxylic acids is 1. The average Bonchev–Trinajstić information content (AvgIpc) is 2.69. The number of hydrogen-bond acceptors (Lipinski definition) is 3. The van der Waals surface area contributed by atoms with Crippen LogP contribution in [0.25, 0.3) is 0 Å². The van der Waals surface area contributed by atoms with Crippen LogP contribution in [0.5, 0.6) is 0 Å². The van der Waals surface area contributed by atoms with Gasteiger partial charge in [0.2, 0.25) is 0 Å². The van der Waals surface area contributed by atoms with Gasteiger partial charge in [-0.3, -0.25) is 9.59 Å². The molecule has 0 radical (unpaired) electrons. The number of ketones is 1. The van der Waals surface area contributed by atoms with Crippen LogP contribution in [0.4, 0.5) is 0 Å². The van der Waals surface area contributed by atoms with Crippen LogP contribution in [0.3, 0.4) is 0 Å². The van der Waals surface area contributed by atoms with Gasteiger partial charge in [-0.05, 0) is 24.3 Å². The first-order valence-electron chi connectivity index (χ1n) is 4.98. The Balaban J connectivity index is 2.10. The molecule has 1 aromatic rings. The third-order valence-electron chi connectivity index (χ3n) is 2.09. The predicted octanol–water partition coefficient (Wildman–Crippen LogP) is 2.97. The van der Waals surface area contributed by atoms with E-state index in [4.69, 9.17) is 5.11 Å². The van der Waals surface area contributed by atoms with E-state index in [0.717, 1.165) is 17.7 Å². The molecule has 3 nitrogen and oxygen atoms in total. The summed E-state index contributed by atoms with van der Waals surface area (Å²) in [7, 11) is 0. The van der Waals surface area contributed by atoms with E-state index in [1.165, 1.54) is 11.3 Å². The molecule has 0 aliphatic rings. The lowest BCUT2D eigenvalue weighted by Crippen LogP contribution is -1.97. The maximum Gasteiger partial charge on any atom is 0.303 e. The molecule has 0 bridgehead atoms. The van der Waals surface area contributed by atoms with Crippen molar-refractivity contribution in [3.63, 3.8) is 0 Å². The highest BCUT2D eigenvalue weighted by atomic mass is 32.1. The Hall–Kier alpha value is -1.16. The molecule has 0 aliphatic heterocycles. The van der Waals surface area contributed by atoms with E-state index in [0.29, 0.717) is 12.8 Å². The van der Waals surface area contributed by atoms with E-state index in [2.05, 4.69) is 0 Å². The van der Waals surface area contributed by atoms with E-state index >= 15 is 0 Å². The number of aliphatic carboxylic acids is 1. The second-order valence-electron chi connectivity index (χ2n) is 3.35. The molecule has 0 aromatic carbocycles. The van der Waals surface area contributed by atoms with Gasteiger partial charge in [-0.1, -0.05) is 12.5 Å². The molecule has 1 N–H and O–H groups in total. The van der Waals surface area contributed by atoms with Crippen molar-refractivity contribution in [1.82, 2.24) is 0 Å². The van der Waals surface area contributed by atoms with E-state index < -0.39 is 5.97 Å². The maximum atomic E-state index is 11.5. The zero-order valence-electron chi connectivity index (χ0n) is 8.44. The summed E-state index contributed by atoms with van der Waals surface area (Å²) in [5.41, 5.74) is 0. The number of carboxylic acid groups (broad SMARTS) is 1. The highest BCUT2D eigenvalue weighted by molar-refractivity contribution is 7.12. The van der Waals surface area contributed by atoms with Crippen molar-refractivity contribution in [3.8, 4) is 0 Å². The number of unbranched alkanes of at least 4 members (excludes halogenated alkanes) is 2. The van der Waals surface area contributed by atoms with Crippen LogP contribution in [0.2, 0.25) is 0 Å². The molecule has 15 heavy (non-hydrogen) atoms. The van der Waals surface area contributed by atoms with Crippen LogP contribution >= 0.6 is 11.3 Å². The van der Waals surface area contributed by atoms with Gasteiger partial charge in [0.25, 0.3) is 0 Å². The van der Waals surface area contributed by atoms with Crippen molar-refractivity contribution in [3.05, 3.63) is 22.4 Å². The summed E-state index contributed by atoms with van der Waals surface area (Å²) >= 11 is 1.46. The Labute approximate surface area is 92.7 Å². The molecule has 0 saturated carbocycles. The van der Waals surface area contributed by atoms with Crippen molar-refractivity contribution in [2.24, 2.45) is 0 Å². The van der Waals surface area contributed by atoms with Gasteiger partial charge in [-0.2, -0.15) is 0 Å². The highest BCUT2D eigenvalue weighted by Crippen LogP contribution is 2.13. The Morgan fingerprint density at radius 3 is 2.53 bits per heavy atom. The Morgan fingerprint density at radius 1 is 1.20 bits per heavy atom. The van der Waals surface area contributed by atoms with Crippen molar-refractivity contribution in [1.29, 1.82) is 0 Å². The summed E-state index contributed by atoms with van der Waals surface area (Å²) < 4.78 is 0. The first-order chi connectivity index (χ1) is 7.20. The number of hydrogen-bond donors (Lipinski definition) is 1. The number of carboxylic acids is 1. The summed E-state index contributed by atoms with van der Waals surface area (Å²) in [6.07, 6.45) is 2.98. The minimum atomic E-state index is -0.764. The van der Waals surface area contributed by atoms with Crippen molar-refractivity contribution in [2.75, 3.05) is 0 Å². The summed E-state index contributed by atoms with van der Waals surface area (Å²) in [4.78, 5) is 22.5. The molecule has 1 heterocycles. The standard InChI is InChI=1S/C11H14O3S/c12-9(10-6-4-8-15-10)5-2-1-3-7-11(13)14/h4,6,8H,1-3,5,7H2,(H,13,14). The molecular formula is C11H14O3S. The predicted molar refractivity (Wildman–Crippen MR) is 59.4 cm³/mol. The minimum absolute atomic E-state index is 0.167. The maximum absolute atomic E-state index is 11.5. The number of Topliss-reactive ketones (excluding diaryl/α,β-unsaturated/α-hetero) is 1. The number of carbonyl (C=O) groups is 2. The molecule has 0 spiro atoms. The van der Waals surface area contributed by atoms with Gasteiger partial charge < -0.3 is 5.11 Å². The molecule has 1 rings (SSSR count). The fraction of sp³-hybridized carbons (Fsp3) is 0.455. The van der Waals surface area contributed by atoms with E-state index in [9.17, 15) is 9.59 Å². The largest absolute Gasteiger partial charge is 0.481 e. The molecule has 0 saturated heterocycles. The molecular weight excluding hydrogens is 212 g/mol. The van der Waals surface area contributed by atoms with Crippen LogP contribution < -0.4 is 0 Å². The Bertz CT molecular complexity index is 317. The fourth-order valence-corrected chi connectivity index (χ4v) is 1.99. The van der Waals surface area contributed by atoms with Crippen LogP contribution in [0.1, 0.15) is 41.8 Å². The molecule has 82 valence electrons. The number of thiophene rings is 1. The average molecular weight is 226 g/mol. The fourth-order valence-electron chi connectivity index (χ4n) is 1.30. The molecule has 0 atom stereocenters. The molecule has 0 amide bonds. The van der Waals surface area contributed by atoms with Crippen LogP contribution in [0.15, 0.2) is 17.5 Å². The van der Waals surface area contributed by atoms with Gasteiger partial charge in [-0.25, -0.2) is 0 Å². The quantitative estimate of drug-likeness (QED) is 0.574. The van der Waals surface area contributed by atoms with Crippen LogP contribution in [-0.2, 0) is 4.79 Å². The summed E-state index contributed by atoms with van der Waals surface area (Å²) in [5.74, 6) is -0.597. The monoisotopic (exact) mass is 226 g/mol. The SMILES string of the molecule is O=C(O)CCCCCC(=O)c1cccs1. The lowest BCUT2D eigenvalue weighted by Gasteiger charge is -1.97. The molecule has 0 unspecified atom stereocenters. The van der Waals surface area contributed by atoms with Gasteiger partial charge in [0.05, 0.1) is 4.88 Å². The van der Waals surface area contributed by atoms with Gasteiger partial charge in [-0.15, -0.1) is 11.3 Å². The van der Waals surface area contributed by atoms with Crippen molar-refractivity contribution < 1.29 is 14.7 Å². The summed E-state index contributed by atoms with van der Waals surface area (Å²) in [6, 6.07) is 3.69. The van der Waals surface area contributed by atoms with Gasteiger partial charge in [0.1, 0.15) is 0 Å². The van der Waals surface area contributed by atoms with Crippen LogP contribution in [-0.4, -0.2) is 16.9 Å². The minimum Gasteiger partial charge on any atom is -0.481 e.